The first kappa shape index (κ1) is 14.3. The van der Waals surface area contributed by atoms with Crippen molar-refractivity contribution in [1.29, 1.82) is 0 Å². The third kappa shape index (κ3) is 2.74. The van der Waals surface area contributed by atoms with Gasteiger partial charge in [0.2, 0.25) is 0 Å². The number of aryl methyl sites for hydroxylation is 1. The van der Waals surface area contributed by atoms with Crippen LogP contribution >= 0.6 is 34.2 Å². The van der Waals surface area contributed by atoms with Gasteiger partial charge in [-0.05, 0) is 34.2 Å². The van der Waals surface area contributed by atoms with Crippen molar-refractivity contribution in [1.82, 2.24) is 9.13 Å². The van der Waals surface area contributed by atoms with Gasteiger partial charge in [-0.1, -0.05) is 23.7 Å². The highest BCUT2D eigenvalue weighted by molar-refractivity contribution is 14.1. The monoisotopic (exact) mass is 394 g/mol. The predicted octanol–water partition coefficient (Wildman–Crippen LogP) is 1.99. The number of rotatable bonds is 2. The molecule has 2 aromatic rings. The summed E-state index contributed by atoms with van der Waals surface area (Å²) < 4.78 is 16.1. The van der Waals surface area contributed by atoms with E-state index in [1.54, 1.807) is 13.1 Å². The Labute approximate surface area is 126 Å². The second-order valence-corrected chi connectivity index (χ2v) is 5.51. The highest BCUT2D eigenvalue weighted by Gasteiger charge is 2.11. The predicted molar refractivity (Wildman–Crippen MR) is 79.2 cm³/mol. The Balaban J connectivity index is 2.59. The van der Waals surface area contributed by atoms with Crippen molar-refractivity contribution < 1.29 is 4.39 Å². The van der Waals surface area contributed by atoms with Gasteiger partial charge in [-0.3, -0.25) is 9.36 Å². The van der Waals surface area contributed by atoms with Crippen molar-refractivity contribution in [3.8, 4) is 0 Å². The molecule has 1 heterocycles. The zero-order chi connectivity index (χ0) is 14.2. The molecule has 0 aliphatic heterocycles. The van der Waals surface area contributed by atoms with E-state index in [0.717, 1.165) is 4.57 Å². The lowest BCUT2D eigenvalue weighted by molar-refractivity contribution is 0.611. The van der Waals surface area contributed by atoms with Gasteiger partial charge in [-0.25, -0.2) is 9.18 Å². The molecule has 0 saturated heterocycles. The molecule has 0 aliphatic carbocycles. The Hall–Kier alpha value is -1.15. The lowest BCUT2D eigenvalue weighted by Crippen LogP contribution is -2.40. The molecule has 2 rings (SSSR count). The Bertz CT molecular complexity index is 720. The van der Waals surface area contributed by atoms with Gasteiger partial charge in [-0.15, -0.1) is 0 Å². The number of aromatic nitrogens is 2. The van der Waals surface area contributed by atoms with Gasteiger partial charge in [0, 0.05) is 13.2 Å². The average Bonchev–Trinajstić information content (AvgIpc) is 2.37. The SMILES string of the molecule is Cn1cc(I)c(=O)n(Cc2cccc(F)c2Cl)c1=O. The lowest BCUT2D eigenvalue weighted by atomic mass is 10.2. The Morgan fingerprint density at radius 1 is 1.37 bits per heavy atom. The summed E-state index contributed by atoms with van der Waals surface area (Å²) in [6.07, 6.45) is 1.45. The Morgan fingerprint density at radius 3 is 2.74 bits per heavy atom. The van der Waals surface area contributed by atoms with Crippen molar-refractivity contribution in [2.75, 3.05) is 0 Å². The van der Waals surface area contributed by atoms with Crippen LogP contribution in [-0.2, 0) is 13.6 Å². The summed E-state index contributed by atoms with van der Waals surface area (Å²) >= 11 is 7.68. The van der Waals surface area contributed by atoms with E-state index in [-0.39, 0.29) is 11.6 Å². The highest BCUT2D eigenvalue weighted by Crippen LogP contribution is 2.19. The Kier molecular flexibility index (Phi) is 4.10. The van der Waals surface area contributed by atoms with E-state index in [9.17, 15) is 14.0 Å². The van der Waals surface area contributed by atoms with Gasteiger partial charge in [0.05, 0.1) is 15.1 Å². The second-order valence-electron chi connectivity index (χ2n) is 3.97. The molecule has 100 valence electrons. The first-order valence-corrected chi connectivity index (χ1v) is 6.76. The molecule has 0 aliphatic rings. The van der Waals surface area contributed by atoms with E-state index in [1.165, 1.54) is 22.9 Å². The molecular formula is C12H9ClFIN2O2. The quantitative estimate of drug-likeness (QED) is 0.731. The summed E-state index contributed by atoms with van der Waals surface area (Å²) in [5.41, 5.74) is -0.488. The van der Waals surface area contributed by atoms with Gasteiger partial charge in [0.25, 0.3) is 5.56 Å². The molecule has 0 bridgehead atoms. The summed E-state index contributed by atoms with van der Waals surface area (Å²) in [5.74, 6) is -0.574. The van der Waals surface area contributed by atoms with Crippen LogP contribution in [0.2, 0.25) is 5.02 Å². The molecule has 0 atom stereocenters. The van der Waals surface area contributed by atoms with Crippen LogP contribution in [0.15, 0.2) is 34.0 Å². The normalized spacial score (nSPS) is 10.7. The summed E-state index contributed by atoms with van der Waals surface area (Å²) in [4.78, 5) is 23.9. The smallest absolute Gasteiger partial charge is 0.302 e. The van der Waals surface area contributed by atoms with E-state index in [1.807, 2.05) is 22.6 Å². The topological polar surface area (TPSA) is 44.0 Å². The van der Waals surface area contributed by atoms with Crippen molar-refractivity contribution in [3.63, 3.8) is 0 Å². The number of benzene rings is 1. The zero-order valence-corrected chi connectivity index (χ0v) is 12.8. The van der Waals surface area contributed by atoms with Crippen molar-refractivity contribution in [2.45, 2.75) is 6.54 Å². The molecule has 0 fully saturated rings. The molecule has 7 heteroatoms. The molecular weight excluding hydrogens is 385 g/mol. The van der Waals surface area contributed by atoms with Crippen LogP contribution in [0, 0.1) is 9.39 Å². The number of hydrogen-bond acceptors (Lipinski definition) is 2. The molecule has 19 heavy (non-hydrogen) atoms. The molecule has 0 unspecified atom stereocenters. The van der Waals surface area contributed by atoms with Gasteiger partial charge in [0.1, 0.15) is 5.82 Å². The maximum atomic E-state index is 13.3. The molecule has 1 aromatic carbocycles. The van der Waals surface area contributed by atoms with Gasteiger partial charge in [-0.2, -0.15) is 0 Å². The van der Waals surface area contributed by atoms with Gasteiger partial charge >= 0.3 is 5.69 Å². The molecule has 0 amide bonds. The molecule has 1 aromatic heterocycles. The summed E-state index contributed by atoms with van der Waals surface area (Å²) in [7, 11) is 1.55. The largest absolute Gasteiger partial charge is 0.331 e. The molecule has 0 saturated carbocycles. The molecule has 0 spiro atoms. The minimum absolute atomic E-state index is 0.0566. The number of nitrogens with zero attached hydrogens (tertiary/aromatic N) is 2. The van der Waals surface area contributed by atoms with E-state index in [2.05, 4.69) is 0 Å². The van der Waals surface area contributed by atoms with Crippen LogP contribution in [0.5, 0.6) is 0 Å². The van der Waals surface area contributed by atoms with Crippen LogP contribution in [0.1, 0.15) is 5.56 Å². The zero-order valence-electron chi connectivity index (χ0n) is 9.86. The highest BCUT2D eigenvalue weighted by atomic mass is 127. The summed E-state index contributed by atoms with van der Waals surface area (Å²) in [6, 6.07) is 4.29. The van der Waals surface area contributed by atoms with Gasteiger partial charge < -0.3 is 4.57 Å². The van der Waals surface area contributed by atoms with E-state index < -0.39 is 17.1 Å². The van der Waals surface area contributed by atoms with Crippen LogP contribution in [0.4, 0.5) is 4.39 Å². The fourth-order valence-electron chi connectivity index (χ4n) is 1.67. The van der Waals surface area contributed by atoms with Crippen LogP contribution < -0.4 is 11.2 Å². The average molecular weight is 395 g/mol. The fourth-order valence-corrected chi connectivity index (χ4v) is 2.56. The second kappa shape index (κ2) is 5.46. The van der Waals surface area contributed by atoms with E-state index >= 15 is 0 Å². The fraction of sp³-hybridized carbons (Fsp3) is 0.167. The van der Waals surface area contributed by atoms with Gasteiger partial charge in [0.15, 0.2) is 0 Å². The number of halogens is 3. The Morgan fingerprint density at radius 2 is 2.05 bits per heavy atom. The maximum absolute atomic E-state index is 13.3. The summed E-state index contributed by atoms with van der Waals surface area (Å²) in [6.45, 7) is -0.0566. The molecule has 0 radical (unpaired) electrons. The first-order chi connectivity index (χ1) is 8.91. The number of hydrogen-bond donors (Lipinski definition) is 0. The molecule has 4 nitrogen and oxygen atoms in total. The van der Waals surface area contributed by atoms with Crippen LogP contribution in [-0.4, -0.2) is 9.13 Å². The minimum atomic E-state index is -0.574. The summed E-state index contributed by atoms with van der Waals surface area (Å²) in [5, 5.41) is -0.0738. The minimum Gasteiger partial charge on any atom is -0.302 e. The van der Waals surface area contributed by atoms with E-state index in [0.29, 0.717) is 9.13 Å². The van der Waals surface area contributed by atoms with Crippen molar-refractivity contribution in [3.05, 3.63) is 65.2 Å². The van der Waals surface area contributed by atoms with Crippen molar-refractivity contribution in [2.24, 2.45) is 7.05 Å². The molecule has 0 N–H and O–H groups in total. The van der Waals surface area contributed by atoms with E-state index in [4.69, 9.17) is 11.6 Å². The third-order valence-electron chi connectivity index (χ3n) is 2.65. The van der Waals surface area contributed by atoms with Crippen molar-refractivity contribution >= 4 is 34.2 Å². The lowest BCUT2D eigenvalue weighted by Gasteiger charge is -2.09. The maximum Gasteiger partial charge on any atom is 0.331 e. The third-order valence-corrected chi connectivity index (χ3v) is 3.81. The van der Waals surface area contributed by atoms with Crippen LogP contribution in [0.25, 0.3) is 0 Å². The first-order valence-electron chi connectivity index (χ1n) is 5.30. The van der Waals surface area contributed by atoms with Crippen LogP contribution in [0.3, 0.4) is 0 Å². The standard InChI is InChI=1S/C12H9ClFIN2O2/c1-16-6-9(15)11(18)17(12(16)19)5-7-3-2-4-8(14)10(7)13/h2-4,6H,5H2,1H3.